The van der Waals surface area contributed by atoms with E-state index in [4.69, 9.17) is 9.47 Å². The van der Waals surface area contributed by atoms with E-state index >= 15 is 0 Å². The first-order valence-corrected chi connectivity index (χ1v) is 24.1. The second-order valence-corrected chi connectivity index (χ2v) is 18.4. The molecule has 5 unspecified atom stereocenters. The normalized spacial score (nSPS) is 25.8. The van der Waals surface area contributed by atoms with Crippen LogP contribution in [0.5, 0.6) is 0 Å². The van der Waals surface area contributed by atoms with Crippen LogP contribution < -0.4 is 5.69 Å². The first-order valence-electron chi connectivity index (χ1n) is 24.1. The number of aromatic nitrogens is 4. The van der Waals surface area contributed by atoms with Crippen LogP contribution in [-0.4, -0.2) is 119 Å². The van der Waals surface area contributed by atoms with E-state index in [9.17, 15) is 30.3 Å². The minimum absolute atomic E-state index is 0.0496. The number of ether oxygens (including phenoxy) is 2. The van der Waals surface area contributed by atoms with Gasteiger partial charge in [0.2, 0.25) is 0 Å². The third-order valence-electron chi connectivity index (χ3n) is 13.5. The molecule has 0 spiro atoms. The van der Waals surface area contributed by atoms with Crippen molar-refractivity contribution in [1.82, 2.24) is 24.7 Å². The van der Waals surface area contributed by atoms with Crippen molar-refractivity contribution >= 4 is 0 Å². The first-order chi connectivity index (χ1) is 28.2. The van der Waals surface area contributed by atoms with Crippen LogP contribution in [-0.2, 0) is 16.0 Å². The number of tetrazole rings is 1. The van der Waals surface area contributed by atoms with Gasteiger partial charge in [-0.25, -0.2) is 4.79 Å². The maximum atomic E-state index is 13.6. The highest BCUT2D eigenvalue weighted by atomic mass is 16.7. The number of hydrogen-bond donors (Lipinski definition) is 5. The largest absolute Gasteiger partial charge is 0.394 e. The highest BCUT2D eigenvalue weighted by Crippen LogP contribution is 2.60. The predicted molar refractivity (Wildman–Crippen MR) is 227 cm³/mol. The van der Waals surface area contributed by atoms with Crippen molar-refractivity contribution in [3.05, 3.63) is 10.5 Å². The van der Waals surface area contributed by atoms with E-state index in [1.54, 1.807) is 0 Å². The SMILES string of the molecule is CCCCCCCCCCCCCC[C@@H](O)C(O)[C@H](COC1OC(CO)CC(O)C1O)n1nnn(CCCCCCCCN(CCCCCCC)C23CC(C2)C3)c1=O. The average molecular weight is 824 g/mol. The molecule has 0 aromatic carbocycles. The molecule has 2 heterocycles. The van der Waals surface area contributed by atoms with E-state index in [1.807, 2.05) is 0 Å². The monoisotopic (exact) mass is 824 g/mol. The summed E-state index contributed by atoms with van der Waals surface area (Å²) in [6.07, 6.45) is 25.0. The Kier molecular flexibility index (Phi) is 23.3. The molecule has 4 fully saturated rings. The quantitative estimate of drug-likeness (QED) is 0.0450. The van der Waals surface area contributed by atoms with Crippen molar-refractivity contribution < 1.29 is 35.0 Å². The van der Waals surface area contributed by atoms with Gasteiger partial charge in [-0.3, -0.25) is 4.90 Å². The fourth-order valence-electron chi connectivity index (χ4n) is 9.52. The third kappa shape index (κ3) is 15.8. The van der Waals surface area contributed by atoms with Gasteiger partial charge in [-0.05, 0) is 74.4 Å². The fraction of sp³-hybridized carbons (Fsp3) is 0.978. The van der Waals surface area contributed by atoms with Gasteiger partial charge in [0.25, 0.3) is 0 Å². The molecule has 1 saturated heterocycles. The zero-order valence-corrected chi connectivity index (χ0v) is 36.7. The molecule has 0 amide bonds. The van der Waals surface area contributed by atoms with Crippen molar-refractivity contribution in [3.8, 4) is 0 Å². The Labute approximate surface area is 350 Å². The molecular formula is C45H85N5O8. The van der Waals surface area contributed by atoms with Crippen LogP contribution >= 0.6 is 0 Å². The number of aliphatic hydroxyl groups is 5. The van der Waals surface area contributed by atoms with Gasteiger partial charge in [-0.1, -0.05) is 142 Å². The number of nitrogens with zero attached hydrogens (tertiary/aromatic N) is 5. The van der Waals surface area contributed by atoms with Gasteiger partial charge in [-0.15, -0.1) is 0 Å². The standard InChI is InChI=1S/C45H85N5O8/c1-3-5-7-9-10-11-12-13-14-15-18-22-26-39(52)41(54)38(35-57-43-42(55)40(53)30-37(34-51)58-43)50-44(56)49(46-47-50)29-25-21-17-16-20-24-28-48(27-23-19-8-6-4-2)45-31-36(32-45)33-45/h36-43,51-55H,3-35H2,1-2H3/t36?,37?,38-,39+,40?,41?,42?,43?,45?/m0/s1. The lowest BCUT2D eigenvalue weighted by atomic mass is 9.49. The van der Waals surface area contributed by atoms with Crippen LogP contribution in [0.2, 0.25) is 0 Å². The lowest BCUT2D eigenvalue weighted by Gasteiger charge is -2.67. The molecule has 1 aromatic rings. The van der Waals surface area contributed by atoms with Gasteiger partial charge in [0.15, 0.2) is 6.29 Å². The van der Waals surface area contributed by atoms with Gasteiger partial charge in [0, 0.05) is 18.5 Å². The van der Waals surface area contributed by atoms with Gasteiger partial charge in [-0.2, -0.15) is 9.36 Å². The molecule has 13 nitrogen and oxygen atoms in total. The molecular weight excluding hydrogens is 739 g/mol. The molecule has 7 atom stereocenters. The van der Waals surface area contributed by atoms with Crippen LogP contribution in [0.1, 0.15) is 200 Å². The highest BCUT2D eigenvalue weighted by molar-refractivity contribution is 5.14. The molecule has 338 valence electrons. The number of aryl methyl sites for hydroxylation is 1. The topological polar surface area (TPSA) is 176 Å². The van der Waals surface area contributed by atoms with Crippen molar-refractivity contribution in [2.24, 2.45) is 5.92 Å². The third-order valence-corrected chi connectivity index (χ3v) is 13.5. The smallest absolute Gasteiger partial charge is 0.364 e. The van der Waals surface area contributed by atoms with Crippen LogP contribution in [0.3, 0.4) is 0 Å². The van der Waals surface area contributed by atoms with Crippen molar-refractivity contribution in [2.45, 2.75) is 249 Å². The zero-order valence-electron chi connectivity index (χ0n) is 36.7. The highest BCUT2D eigenvalue weighted by Gasteiger charge is 2.59. The molecule has 13 heteroatoms. The molecule has 2 bridgehead atoms. The Morgan fingerprint density at radius 1 is 0.759 bits per heavy atom. The summed E-state index contributed by atoms with van der Waals surface area (Å²) in [7, 11) is 0. The van der Waals surface area contributed by atoms with Gasteiger partial charge >= 0.3 is 5.69 Å². The number of rotatable bonds is 36. The molecule has 1 aliphatic heterocycles. The molecule has 0 radical (unpaired) electrons. The minimum Gasteiger partial charge on any atom is -0.394 e. The predicted octanol–water partition coefficient (Wildman–Crippen LogP) is 6.81. The van der Waals surface area contributed by atoms with Crippen molar-refractivity contribution in [3.63, 3.8) is 0 Å². The molecule has 3 aliphatic carbocycles. The second-order valence-electron chi connectivity index (χ2n) is 18.4. The maximum absolute atomic E-state index is 13.6. The van der Waals surface area contributed by atoms with Crippen LogP contribution in [0.25, 0.3) is 0 Å². The van der Waals surface area contributed by atoms with E-state index in [1.165, 1.54) is 140 Å². The summed E-state index contributed by atoms with van der Waals surface area (Å²) < 4.78 is 13.8. The summed E-state index contributed by atoms with van der Waals surface area (Å²) in [5, 5.41) is 61.2. The number of aliphatic hydroxyl groups excluding tert-OH is 5. The molecule has 5 N–H and O–H groups in total. The number of hydrogen-bond acceptors (Lipinski definition) is 11. The zero-order chi connectivity index (χ0) is 41.6. The summed E-state index contributed by atoms with van der Waals surface area (Å²) in [6.45, 7) is 6.70. The maximum Gasteiger partial charge on any atom is 0.364 e. The molecule has 4 aliphatic rings. The van der Waals surface area contributed by atoms with Crippen LogP contribution in [0.4, 0.5) is 0 Å². The van der Waals surface area contributed by atoms with Crippen LogP contribution in [0.15, 0.2) is 4.79 Å². The molecule has 3 saturated carbocycles. The number of unbranched alkanes of at least 4 members (excludes halogenated alkanes) is 20. The Morgan fingerprint density at radius 3 is 1.79 bits per heavy atom. The van der Waals surface area contributed by atoms with E-state index < -0.39 is 48.5 Å². The van der Waals surface area contributed by atoms with Gasteiger partial charge in [0.05, 0.1) is 31.5 Å². The Balaban J connectivity index is 1.20. The van der Waals surface area contributed by atoms with E-state index in [0.717, 1.165) is 55.5 Å². The Hall–Kier alpha value is -1.45. The fourth-order valence-corrected chi connectivity index (χ4v) is 9.52. The molecule has 5 rings (SSSR count). The van der Waals surface area contributed by atoms with Crippen molar-refractivity contribution in [2.75, 3.05) is 26.3 Å². The molecule has 1 aromatic heterocycles. The minimum atomic E-state index is -1.40. The first kappa shape index (κ1) is 49.2. The van der Waals surface area contributed by atoms with E-state index in [-0.39, 0.29) is 19.6 Å². The van der Waals surface area contributed by atoms with E-state index in [0.29, 0.717) is 18.5 Å². The summed E-state index contributed by atoms with van der Waals surface area (Å²) in [5.41, 5.74) is 0.0362. The van der Waals surface area contributed by atoms with Gasteiger partial charge < -0.3 is 35.0 Å². The molecule has 58 heavy (non-hydrogen) atoms. The van der Waals surface area contributed by atoms with Gasteiger partial charge in [0.1, 0.15) is 18.2 Å². The summed E-state index contributed by atoms with van der Waals surface area (Å²) in [4.78, 5) is 16.4. The summed E-state index contributed by atoms with van der Waals surface area (Å²) in [6, 6.07) is -1.11. The van der Waals surface area contributed by atoms with E-state index in [2.05, 4.69) is 29.2 Å². The lowest BCUT2D eigenvalue weighted by Crippen LogP contribution is -2.68. The second kappa shape index (κ2) is 27.5. The average Bonchev–Trinajstić information content (AvgIpc) is 3.54. The van der Waals surface area contributed by atoms with Crippen LogP contribution in [0, 0.1) is 5.92 Å². The van der Waals surface area contributed by atoms with Crippen molar-refractivity contribution in [1.29, 1.82) is 0 Å². The lowest BCUT2D eigenvalue weighted by molar-refractivity contribution is -0.275. The Morgan fingerprint density at radius 2 is 1.28 bits per heavy atom. The Bertz CT molecular complexity index is 1250. The summed E-state index contributed by atoms with van der Waals surface area (Å²) >= 11 is 0. The summed E-state index contributed by atoms with van der Waals surface area (Å²) in [5.74, 6) is 1.00.